The Morgan fingerprint density at radius 1 is 0.957 bits per heavy atom. The van der Waals surface area contributed by atoms with Crippen LogP contribution in [-0.4, -0.2) is 49.9 Å². The Morgan fingerprint density at radius 2 is 1.52 bits per heavy atom. The Bertz CT molecular complexity index is 428. The van der Waals surface area contributed by atoms with Crippen LogP contribution in [-0.2, 0) is 9.59 Å². The van der Waals surface area contributed by atoms with E-state index in [0.29, 0.717) is 45.2 Å². The minimum atomic E-state index is -0.598. The summed E-state index contributed by atoms with van der Waals surface area (Å²) in [5, 5.41) is 5.23. The molecule has 0 heterocycles. The van der Waals surface area contributed by atoms with Gasteiger partial charge in [-0.3, -0.25) is 19.6 Å². The van der Waals surface area contributed by atoms with Crippen molar-refractivity contribution in [1.29, 1.82) is 0 Å². The van der Waals surface area contributed by atoms with Crippen molar-refractivity contribution in [3.63, 3.8) is 0 Å². The van der Waals surface area contributed by atoms with Crippen LogP contribution in [0.4, 0.5) is 0 Å². The van der Waals surface area contributed by atoms with Gasteiger partial charge in [-0.2, -0.15) is 0 Å². The molecule has 10 heteroatoms. The fourth-order valence-electron chi connectivity index (χ4n) is 1.82. The number of carbonyl (C=O) groups excluding carboxylic acids is 2. The molecular weight excluding hydrogens is 300 g/mol. The van der Waals surface area contributed by atoms with E-state index < -0.39 is 6.04 Å². The molecule has 0 radical (unpaired) electrons. The van der Waals surface area contributed by atoms with Crippen molar-refractivity contribution in [3.05, 3.63) is 0 Å². The summed E-state index contributed by atoms with van der Waals surface area (Å²) in [6.07, 6.45) is 2.68. The van der Waals surface area contributed by atoms with Crippen LogP contribution in [0.15, 0.2) is 9.98 Å². The number of nitrogens with zero attached hydrogens (tertiary/aromatic N) is 2. The van der Waals surface area contributed by atoms with Gasteiger partial charge >= 0.3 is 0 Å². The molecule has 2 amide bonds. The van der Waals surface area contributed by atoms with E-state index in [2.05, 4.69) is 20.6 Å². The zero-order valence-electron chi connectivity index (χ0n) is 13.5. The van der Waals surface area contributed by atoms with Gasteiger partial charge in [-0.1, -0.05) is 0 Å². The number of nitrogens with one attached hydrogen (secondary N) is 2. The molecule has 0 fully saturated rings. The maximum absolute atomic E-state index is 11.9. The van der Waals surface area contributed by atoms with Crippen molar-refractivity contribution in [1.82, 2.24) is 10.6 Å². The molecular formula is C13H28N8O2. The summed E-state index contributed by atoms with van der Waals surface area (Å²) in [6.45, 7) is 0.886. The number of carbonyl (C=O) groups is 2. The third-order valence-corrected chi connectivity index (χ3v) is 2.95. The van der Waals surface area contributed by atoms with E-state index in [1.54, 1.807) is 0 Å². The summed E-state index contributed by atoms with van der Waals surface area (Å²) in [4.78, 5) is 31.3. The molecule has 0 aliphatic carbocycles. The zero-order valence-corrected chi connectivity index (χ0v) is 13.5. The maximum Gasteiger partial charge on any atom is 0.242 e. The highest BCUT2D eigenvalue weighted by Crippen LogP contribution is 2.01. The molecule has 0 saturated heterocycles. The van der Waals surface area contributed by atoms with Crippen molar-refractivity contribution in [2.75, 3.05) is 20.1 Å². The van der Waals surface area contributed by atoms with Gasteiger partial charge in [0.15, 0.2) is 11.9 Å². The molecule has 0 rings (SSSR count). The molecule has 0 aromatic rings. The first-order valence-electron chi connectivity index (χ1n) is 7.48. The second kappa shape index (κ2) is 12.1. The van der Waals surface area contributed by atoms with Crippen molar-refractivity contribution >= 4 is 23.7 Å². The van der Waals surface area contributed by atoms with Crippen LogP contribution in [0.3, 0.4) is 0 Å². The summed E-state index contributed by atoms with van der Waals surface area (Å²) >= 11 is 0. The van der Waals surface area contributed by atoms with Gasteiger partial charge in [0.2, 0.25) is 11.8 Å². The van der Waals surface area contributed by atoms with Gasteiger partial charge in [0, 0.05) is 26.6 Å². The lowest BCUT2D eigenvalue weighted by atomic mass is 10.1. The van der Waals surface area contributed by atoms with Gasteiger partial charge in [-0.25, -0.2) is 0 Å². The molecule has 0 bridgehead atoms. The van der Waals surface area contributed by atoms with Crippen molar-refractivity contribution in [3.8, 4) is 0 Å². The predicted molar refractivity (Wildman–Crippen MR) is 90.4 cm³/mol. The molecule has 0 aromatic heterocycles. The van der Waals surface area contributed by atoms with Gasteiger partial charge in [0.25, 0.3) is 0 Å². The fourth-order valence-corrected chi connectivity index (χ4v) is 1.82. The van der Waals surface area contributed by atoms with E-state index >= 15 is 0 Å². The second-order valence-electron chi connectivity index (χ2n) is 4.95. The normalized spacial score (nSPS) is 11.2. The number of unbranched alkanes of at least 4 members (excludes halogenated alkanes) is 1. The molecule has 10 nitrogen and oxygen atoms in total. The van der Waals surface area contributed by atoms with Gasteiger partial charge < -0.3 is 33.6 Å². The quantitative estimate of drug-likeness (QED) is 0.141. The second-order valence-corrected chi connectivity index (χ2v) is 4.95. The SMILES string of the molecule is CNC(=O)[C@H](CCCN=C(N)N)NC(=O)CCCCN=C(N)N. The van der Waals surface area contributed by atoms with Crippen LogP contribution in [0.5, 0.6) is 0 Å². The molecule has 0 aliphatic rings. The first kappa shape index (κ1) is 20.5. The topological polar surface area (TPSA) is 187 Å². The van der Waals surface area contributed by atoms with E-state index in [0.717, 1.165) is 0 Å². The smallest absolute Gasteiger partial charge is 0.242 e. The average molecular weight is 328 g/mol. The van der Waals surface area contributed by atoms with E-state index in [9.17, 15) is 9.59 Å². The van der Waals surface area contributed by atoms with E-state index in [1.165, 1.54) is 7.05 Å². The molecule has 0 aliphatic heterocycles. The van der Waals surface area contributed by atoms with E-state index in [4.69, 9.17) is 22.9 Å². The van der Waals surface area contributed by atoms with Crippen LogP contribution >= 0.6 is 0 Å². The maximum atomic E-state index is 11.9. The number of hydrogen-bond donors (Lipinski definition) is 6. The number of guanidine groups is 2. The molecule has 23 heavy (non-hydrogen) atoms. The van der Waals surface area contributed by atoms with E-state index in [-0.39, 0.29) is 23.7 Å². The molecule has 1 atom stereocenters. The summed E-state index contributed by atoms with van der Waals surface area (Å²) < 4.78 is 0. The first-order valence-corrected chi connectivity index (χ1v) is 7.48. The van der Waals surface area contributed by atoms with Gasteiger partial charge in [0.1, 0.15) is 6.04 Å². The number of aliphatic imine (C=N–C) groups is 2. The Morgan fingerprint density at radius 3 is 2.04 bits per heavy atom. The third kappa shape index (κ3) is 11.8. The Labute approximate surface area is 136 Å². The monoisotopic (exact) mass is 328 g/mol. The Kier molecular flexibility index (Phi) is 10.7. The van der Waals surface area contributed by atoms with Gasteiger partial charge in [-0.15, -0.1) is 0 Å². The fraction of sp³-hybridized carbons (Fsp3) is 0.692. The molecule has 0 spiro atoms. The van der Waals surface area contributed by atoms with Crippen molar-refractivity contribution in [2.24, 2.45) is 32.9 Å². The van der Waals surface area contributed by atoms with Crippen LogP contribution in [0.25, 0.3) is 0 Å². The summed E-state index contributed by atoms with van der Waals surface area (Å²) in [5.41, 5.74) is 20.9. The van der Waals surface area contributed by atoms with Crippen molar-refractivity contribution < 1.29 is 9.59 Å². The largest absolute Gasteiger partial charge is 0.370 e. The number of likely N-dealkylation sites (N-methyl/N-ethyl adjacent to an activating group) is 1. The Hall–Kier alpha value is -2.52. The number of hydrogen-bond acceptors (Lipinski definition) is 4. The molecule has 0 aromatic carbocycles. The third-order valence-electron chi connectivity index (χ3n) is 2.95. The lowest BCUT2D eigenvalue weighted by Gasteiger charge is -2.16. The molecule has 10 N–H and O–H groups in total. The van der Waals surface area contributed by atoms with Crippen molar-refractivity contribution in [2.45, 2.75) is 38.1 Å². The number of rotatable bonds is 11. The first-order chi connectivity index (χ1) is 10.9. The highest BCUT2D eigenvalue weighted by molar-refractivity contribution is 5.87. The lowest BCUT2D eigenvalue weighted by molar-refractivity contribution is -0.129. The van der Waals surface area contributed by atoms with Gasteiger partial charge in [0.05, 0.1) is 0 Å². The lowest BCUT2D eigenvalue weighted by Crippen LogP contribution is -2.45. The minimum Gasteiger partial charge on any atom is -0.370 e. The molecule has 0 unspecified atom stereocenters. The van der Waals surface area contributed by atoms with Crippen LogP contribution in [0.2, 0.25) is 0 Å². The summed E-state index contributed by atoms with van der Waals surface area (Å²) in [7, 11) is 1.52. The highest BCUT2D eigenvalue weighted by Gasteiger charge is 2.18. The minimum absolute atomic E-state index is 0.00584. The van der Waals surface area contributed by atoms with E-state index in [1.807, 2.05) is 0 Å². The standard InChI is InChI=1S/C13H28N8O2/c1-18-11(23)9(5-4-8-20-13(16)17)21-10(22)6-2-3-7-19-12(14)15/h9H,2-8H2,1H3,(H,18,23)(H,21,22)(H4,14,15,19)(H4,16,17,20)/t9-/m0/s1. The Balaban J connectivity index is 4.16. The number of nitrogens with two attached hydrogens (primary N) is 4. The van der Waals surface area contributed by atoms with Crippen LogP contribution < -0.4 is 33.6 Å². The van der Waals surface area contributed by atoms with Gasteiger partial charge in [-0.05, 0) is 25.7 Å². The summed E-state index contributed by atoms with van der Waals surface area (Å²) in [5.74, 6) is -0.394. The average Bonchev–Trinajstić information content (AvgIpc) is 2.48. The van der Waals surface area contributed by atoms with Crippen LogP contribution in [0, 0.1) is 0 Å². The predicted octanol–water partition coefficient (Wildman–Crippen LogP) is -2.29. The zero-order chi connectivity index (χ0) is 17.7. The summed E-state index contributed by atoms with van der Waals surface area (Å²) in [6, 6.07) is -0.598. The highest BCUT2D eigenvalue weighted by atomic mass is 16.2. The molecule has 132 valence electrons. The number of amides is 2. The molecule has 0 saturated carbocycles. The van der Waals surface area contributed by atoms with Crippen LogP contribution in [0.1, 0.15) is 32.1 Å².